The summed E-state index contributed by atoms with van der Waals surface area (Å²) in [5, 5.41) is 29.5. The van der Waals surface area contributed by atoms with Gasteiger partial charge in [-0.2, -0.15) is 5.26 Å². The number of pyridine rings is 1. The van der Waals surface area contributed by atoms with Crippen LogP contribution in [-0.2, 0) is 22.4 Å². The minimum Gasteiger partial charge on any atom is -0.481 e. The molecule has 0 saturated carbocycles. The van der Waals surface area contributed by atoms with Crippen molar-refractivity contribution in [3.8, 4) is 6.07 Å². The molecular formula is C14H15N3O4. The van der Waals surface area contributed by atoms with Crippen molar-refractivity contribution in [3.05, 3.63) is 22.9 Å². The van der Waals surface area contributed by atoms with E-state index >= 15 is 0 Å². The van der Waals surface area contributed by atoms with Gasteiger partial charge in [0.1, 0.15) is 17.9 Å². The predicted octanol–water partition coefficient (Wildman–Crippen LogP) is 1.17. The van der Waals surface area contributed by atoms with Gasteiger partial charge in [0, 0.05) is 5.69 Å². The molecule has 0 spiro atoms. The molecule has 0 saturated heterocycles. The highest BCUT2D eigenvalue weighted by Gasteiger charge is 2.23. The second-order valence-corrected chi connectivity index (χ2v) is 4.94. The maximum absolute atomic E-state index is 11.1. The zero-order valence-electron chi connectivity index (χ0n) is 11.3. The maximum Gasteiger partial charge on any atom is 0.326 e. The number of aromatic nitrogens is 1. The highest BCUT2D eigenvalue weighted by Crippen LogP contribution is 2.24. The average molecular weight is 289 g/mol. The Kier molecular flexibility index (Phi) is 4.38. The third-order valence-electron chi connectivity index (χ3n) is 3.41. The third-order valence-corrected chi connectivity index (χ3v) is 3.41. The monoisotopic (exact) mass is 289 g/mol. The summed E-state index contributed by atoms with van der Waals surface area (Å²) in [4.78, 5) is 26.1. The van der Waals surface area contributed by atoms with Gasteiger partial charge >= 0.3 is 11.9 Å². The summed E-state index contributed by atoms with van der Waals surface area (Å²) in [5.41, 5.74) is 2.10. The number of carbonyl (C=O) groups is 2. The van der Waals surface area contributed by atoms with Crippen LogP contribution in [0.4, 0.5) is 5.82 Å². The topological polar surface area (TPSA) is 123 Å². The van der Waals surface area contributed by atoms with Gasteiger partial charge in [0.15, 0.2) is 0 Å². The largest absolute Gasteiger partial charge is 0.481 e. The highest BCUT2D eigenvalue weighted by molar-refractivity contribution is 5.83. The summed E-state index contributed by atoms with van der Waals surface area (Å²) >= 11 is 0. The first-order valence-corrected chi connectivity index (χ1v) is 6.65. The number of nitriles is 1. The predicted molar refractivity (Wildman–Crippen MR) is 72.9 cm³/mol. The summed E-state index contributed by atoms with van der Waals surface area (Å²) in [6.45, 7) is 0. The summed E-state index contributed by atoms with van der Waals surface area (Å²) < 4.78 is 0. The van der Waals surface area contributed by atoms with Crippen LogP contribution in [-0.4, -0.2) is 33.2 Å². The van der Waals surface area contributed by atoms with Crippen LogP contribution in [0.15, 0.2) is 6.07 Å². The minimum atomic E-state index is -1.32. The number of carboxylic acids is 2. The summed E-state index contributed by atoms with van der Waals surface area (Å²) in [6, 6.07) is 2.37. The number of nitrogens with zero attached hydrogens (tertiary/aromatic N) is 2. The van der Waals surface area contributed by atoms with Crippen molar-refractivity contribution in [3.63, 3.8) is 0 Å². The van der Waals surface area contributed by atoms with E-state index in [1.165, 1.54) is 0 Å². The van der Waals surface area contributed by atoms with E-state index < -0.39 is 24.4 Å². The van der Waals surface area contributed by atoms with Gasteiger partial charge in [-0.1, -0.05) is 0 Å². The molecule has 7 nitrogen and oxygen atoms in total. The van der Waals surface area contributed by atoms with Gasteiger partial charge in [0.05, 0.1) is 12.0 Å². The first-order valence-electron chi connectivity index (χ1n) is 6.65. The summed E-state index contributed by atoms with van der Waals surface area (Å²) in [5.74, 6) is -2.38. The fraction of sp³-hybridized carbons (Fsp3) is 0.429. The normalized spacial score (nSPS) is 14.6. The van der Waals surface area contributed by atoms with Crippen LogP contribution < -0.4 is 5.32 Å². The SMILES string of the molecule is N#Cc1cc2c(nc1NC(CC(=O)O)C(=O)O)CCCC2. The molecule has 1 atom stereocenters. The van der Waals surface area contributed by atoms with E-state index in [9.17, 15) is 9.59 Å². The van der Waals surface area contributed by atoms with E-state index in [4.69, 9.17) is 15.5 Å². The van der Waals surface area contributed by atoms with E-state index in [2.05, 4.69) is 10.3 Å². The maximum atomic E-state index is 11.1. The Hall–Kier alpha value is -2.62. The van der Waals surface area contributed by atoms with Gasteiger partial charge in [0.25, 0.3) is 0 Å². The lowest BCUT2D eigenvalue weighted by Gasteiger charge is -2.19. The molecular weight excluding hydrogens is 274 g/mol. The Morgan fingerprint density at radius 1 is 1.38 bits per heavy atom. The smallest absolute Gasteiger partial charge is 0.326 e. The van der Waals surface area contributed by atoms with Crippen LogP contribution in [0.25, 0.3) is 0 Å². The molecule has 21 heavy (non-hydrogen) atoms. The molecule has 0 radical (unpaired) electrons. The summed E-state index contributed by atoms with van der Waals surface area (Å²) in [7, 11) is 0. The van der Waals surface area contributed by atoms with Crippen molar-refractivity contribution in [2.45, 2.75) is 38.1 Å². The molecule has 1 aromatic rings. The van der Waals surface area contributed by atoms with Crippen molar-refractivity contribution in [2.75, 3.05) is 5.32 Å². The van der Waals surface area contributed by atoms with E-state index in [0.717, 1.165) is 36.9 Å². The van der Waals surface area contributed by atoms with Crippen molar-refractivity contribution in [2.24, 2.45) is 0 Å². The van der Waals surface area contributed by atoms with Crippen molar-refractivity contribution < 1.29 is 19.8 Å². The van der Waals surface area contributed by atoms with Gasteiger partial charge < -0.3 is 15.5 Å². The molecule has 1 unspecified atom stereocenters. The molecule has 0 aromatic carbocycles. The fourth-order valence-corrected chi connectivity index (χ4v) is 2.37. The molecule has 1 aromatic heterocycles. The second-order valence-electron chi connectivity index (χ2n) is 4.94. The lowest BCUT2D eigenvalue weighted by molar-refractivity contribution is -0.144. The summed E-state index contributed by atoms with van der Waals surface area (Å²) in [6.07, 6.45) is 3.10. The Labute approximate surface area is 121 Å². The number of hydrogen-bond acceptors (Lipinski definition) is 5. The second kappa shape index (κ2) is 6.22. The number of nitrogens with one attached hydrogen (secondary N) is 1. The number of carboxylic acid groups (broad SMARTS) is 2. The number of aliphatic carboxylic acids is 2. The third kappa shape index (κ3) is 3.48. The first-order chi connectivity index (χ1) is 10.0. The van der Waals surface area contributed by atoms with Crippen LogP contribution in [0.2, 0.25) is 0 Å². The van der Waals surface area contributed by atoms with Crippen LogP contribution in [0, 0.1) is 11.3 Å². The number of rotatable bonds is 5. The van der Waals surface area contributed by atoms with Crippen LogP contribution in [0.1, 0.15) is 36.1 Å². The number of anilines is 1. The molecule has 1 aliphatic rings. The van der Waals surface area contributed by atoms with Gasteiger partial charge in [-0.15, -0.1) is 0 Å². The molecule has 0 bridgehead atoms. The van der Waals surface area contributed by atoms with Crippen molar-refractivity contribution in [1.29, 1.82) is 5.26 Å². The van der Waals surface area contributed by atoms with E-state index in [1.807, 2.05) is 6.07 Å². The lowest BCUT2D eigenvalue weighted by atomic mass is 9.95. The molecule has 3 N–H and O–H groups in total. The standard InChI is InChI=1S/C14H15N3O4/c15-7-9-5-8-3-1-2-4-10(8)16-13(9)17-11(14(20)21)6-12(18)19/h5,11H,1-4,6H2,(H,16,17)(H,18,19)(H,20,21). The van der Waals surface area contributed by atoms with Gasteiger partial charge in [-0.25, -0.2) is 9.78 Å². The lowest BCUT2D eigenvalue weighted by Crippen LogP contribution is -2.32. The molecule has 0 aliphatic heterocycles. The van der Waals surface area contributed by atoms with E-state index in [-0.39, 0.29) is 11.4 Å². The molecule has 2 rings (SSSR count). The average Bonchev–Trinajstić information content (AvgIpc) is 2.45. The van der Waals surface area contributed by atoms with Gasteiger partial charge in [-0.05, 0) is 37.3 Å². The number of aryl methyl sites for hydroxylation is 2. The molecule has 0 amide bonds. The minimum absolute atomic E-state index is 0.145. The van der Waals surface area contributed by atoms with Gasteiger partial charge in [-0.3, -0.25) is 4.79 Å². The Balaban J connectivity index is 2.31. The number of fused-ring (bicyclic) bond motifs is 1. The molecule has 110 valence electrons. The van der Waals surface area contributed by atoms with Crippen molar-refractivity contribution >= 4 is 17.8 Å². The quantitative estimate of drug-likeness (QED) is 0.743. The van der Waals surface area contributed by atoms with Crippen LogP contribution >= 0.6 is 0 Å². The zero-order chi connectivity index (χ0) is 15.4. The zero-order valence-corrected chi connectivity index (χ0v) is 11.3. The highest BCUT2D eigenvalue weighted by atomic mass is 16.4. The molecule has 0 fully saturated rings. The number of hydrogen-bond donors (Lipinski definition) is 3. The Morgan fingerprint density at radius 3 is 2.71 bits per heavy atom. The fourth-order valence-electron chi connectivity index (χ4n) is 2.37. The van der Waals surface area contributed by atoms with Crippen molar-refractivity contribution in [1.82, 2.24) is 4.98 Å². The van der Waals surface area contributed by atoms with Crippen LogP contribution in [0.3, 0.4) is 0 Å². The van der Waals surface area contributed by atoms with Gasteiger partial charge in [0.2, 0.25) is 0 Å². The molecule has 1 heterocycles. The Bertz CT molecular complexity index is 621. The van der Waals surface area contributed by atoms with E-state index in [0.29, 0.717) is 0 Å². The Morgan fingerprint density at radius 2 is 2.10 bits per heavy atom. The van der Waals surface area contributed by atoms with Crippen LogP contribution in [0.5, 0.6) is 0 Å². The molecule has 7 heteroatoms. The van der Waals surface area contributed by atoms with E-state index in [1.54, 1.807) is 6.07 Å². The first kappa shape index (κ1) is 14.8. The molecule has 1 aliphatic carbocycles.